The fraction of sp³-hybridized carbons (Fsp3) is 0.556. The summed E-state index contributed by atoms with van der Waals surface area (Å²) in [6, 6.07) is 1.66. The fourth-order valence-electron chi connectivity index (χ4n) is 1.48. The Labute approximate surface area is 96.2 Å². The first-order valence-electron chi connectivity index (χ1n) is 4.60. The topological polar surface area (TPSA) is 55.2 Å². The van der Waals surface area contributed by atoms with E-state index >= 15 is 0 Å². The van der Waals surface area contributed by atoms with Crippen LogP contribution in [0.15, 0.2) is 11.4 Å². The monoisotopic (exact) mass is 244 g/mol. The summed E-state index contributed by atoms with van der Waals surface area (Å²) < 4.78 is 0. The van der Waals surface area contributed by atoms with E-state index in [-0.39, 0.29) is 20.8 Å². The van der Waals surface area contributed by atoms with E-state index in [2.05, 4.69) is 19.2 Å². The number of nitro groups is 1. The highest BCUT2D eigenvalue weighted by atomic mass is 32.2. The maximum absolute atomic E-state index is 10.5. The van der Waals surface area contributed by atoms with Gasteiger partial charge in [-0.05, 0) is 19.4 Å². The lowest BCUT2D eigenvalue weighted by molar-refractivity contribution is -0.380. The van der Waals surface area contributed by atoms with Gasteiger partial charge in [0.2, 0.25) is 0 Å². The zero-order chi connectivity index (χ0) is 11.1. The van der Waals surface area contributed by atoms with Crippen LogP contribution in [0.25, 0.3) is 0 Å². The number of rotatable bonds is 2. The van der Waals surface area contributed by atoms with Gasteiger partial charge < -0.3 is 0 Å². The van der Waals surface area contributed by atoms with Crippen LogP contribution in [-0.2, 0) is 0 Å². The zero-order valence-electron chi connectivity index (χ0n) is 8.52. The number of nitrogens with one attached hydrogen (secondary N) is 1. The van der Waals surface area contributed by atoms with E-state index in [1.807, 2.05) is 5.38 Å². The Hall–Kier alpha value is -0.590. The summed E-state index contributed by atoms with van der Waals surface area (Å²) in [7, 11) is 0. The molecule has 0 aliphatic carbocycles. The molecule has 2 heterocycles. The summed E-state index contributed by atoms with van der Waals surface area (Å²) in [5.74, 6) is 1.03. The molecule has 1 aromatic rings. The van der Waals surface area contributed by atoms with Gasteiger partial charge in [0.25, 0.3) is 0 Å². The van der Waals surface area contributed by atoms with Crippen molar-refractivity contribution >= 4 is 28.1 Å². The number of hydrogen-bond acceptors (Lipinski definition) is 5. The van der Waals surface area contributed by atoms with Crippen molar-refractivity contribution in [3.05, 3.63) is 27.1 Å². The van der Waals surface area contributed by atoms with Crippen LogP contribution < -0.4 is 5.32 Å². The predicted octanol–water partition coefficient (Wildman–Crippen LogP) is 2.77. The molecule has 1 saturated heterocycles. The van der Waals surface area contributed by atoms with Crippen molar-refractivity contribution in [2.75, 3.05) is 5.75 Å². The summed E-state index contributed by atoms with van der Waals surface area (Å²) in [6.07, 6.45) is 0. The molecule has 0 bridgehead atoms. The Balaban J connectivity index is 2.14. The minimum absolute atomic E-state index is 0.117. The Morgan fingerprint density at radius 1 is 1.67 bits per heavy atom. The van der Waals surface area contributed by atoms with Crippen LogP contribution in [0.4, 0.5) is 5.00 Å². The van der Waals surface area contributed by atoms with Crippen molar-refractivity contribution in [3.63, 3.8) is 0 Å². The first-order chi connectivity index (χ1) is 6.98. The van der Waals surface area contributed by atoms with E-state index in [1.165, 1.54) is 11.3 Å². The normalized spacial score (nSPS) is 24.3. The van der Waals surface area contributed by atoms with Crippen molar-refractivity contribution in [2.45, 2.75) is 24.8 Å². The first-order valence-corrected chi connectivity index (χ1v) is 6.53. The average Bonchev–Trinajstić information content (AvgIpc) is 2.70. The van der Waals surface area contributed by atoms with Gasteiger partial charge in [0.05, 0.1) is 10.3 Å². The highest BCUT2D eigenvalue weighted by Gasteiger charge is 2.32. The van der Waals surface area contributed by atoms with E-state index in [9.17, 15) is 10.1 Å². The summed E-state index contributed by atoms with van der Waals surface area (Å²) in [5, 5.41) is 16.3. The molecule has 0 aromatic carbocycles. The van der Waals surface area contributed by atoms with Gasteiger partial charge in [-0.3, -0.25) is 15.4 Å². The predicted molar refractivity (Wildman–Crippen MR) is 63.4 cm³/mol. The molecule has 1 atom stereocenters. The van der Waals surface area contributed by atoms with Crippen LogP contribution in [0.2, 0.25) is 0 Å². The Morgan fingerprint density at radius 3 is 2.87 bits per heavy atom. The van der Waals surface area contributed by atoms with Crippen LogP contribution in [-0.4, -0.2) is 16.2 Å². The maximum atomic E-state index is 10.5. The van der Waals surface area contributed by atoms with Gasteiger partial charge in [-0.2, -0.15) is 0 Å². The highest BCUT2D eigenvalue weighted by molar-refractivity contribution is 7.99. The van der Waals surface area contributed by atoms with Crippen molar-refractivity contribution in [3.8, 4) is 0 Å². The van der Waals surface area contributed by atoms with Crippen molar-refractivity contribution < 1.29 is 4.92 Å². The highest BCUT2D eigenvalue weighted by Crippen LogP contribution is 2.39. The second-order valence-corrected chi connectivity index (χ2v) is 6.18. The first kappa shape index (κ1) is 10.9. The molecule has 2 rings (SSSR count). The van der Waals surface area contributed by atoms with Crippen LogP contribution in [0.3, 0.4) is 0 Å². The summed E-state index contributed by atoms with van der Waals surface area (Å²) in [4.78, 5) is 10.2. The maximum Gasteiger partial charge on any atom is 0.324 e. The van der Waals surface area contributed by atoms with Gasteiger partial charge in [-0.1, -0.05) is 11.3 Å². The third-order valence-corrected chi connectivity index (χ3v) is 4.73. The largest absolute Gasteiger partial charge is 0.324 e. The Bertz CT molecular complexity index is 389. The molecule has 1 fully saturated rings. The Morgan fingerprint density at radius 2 is 2.40 bits per heavy atom. The molecule has 1 aliphatic rings. The molecular formula is C9H12N2O2S2. The van der Waals surface area contributed by atoms with Crippen LogP contribution >= 0.6 is 23.1 Å². The van der Waals surface area contributed by atoms with Crippen LogP contribution in [0.5, 0.6) is 0 Å². The molecule has 1 N–H and O–H groups in total. The summed E-state index contributed by atoms with van der Waals surface area (Å²) >= 11 is 2.99. The van der Waals surface area contributed by atoms with Crippen LogP contribution in [0, 0.1) is 10.1 Å². The summed E-state index contributed by atoms with van der Waals surface area (Å²) in [6.45, 7) is 4.28. The second kappa shape index (κ2) is 3.77. The number of hydrogen-bond donors (Lipinski definition) is 1. The van der Waals surface area contributed by atoms with Gasteiger partial charge in [0, 0.05) is 22.7 Å². The lowest BCUT2D eigenvalue weighted by Crippen LogP contribution is -2.35. The smallest absolute Gasteiger partial charge is 0.296 e. The molecule has 1 unspecified atom stereocenters. The molecule has 6 heteroatoms. The summed E-state index contributed by atoms with van der Waals surface area (Å²) in [5.41, 5.74) is 1.13. The third-order valence-electron chi connectivity index (χ3n) is 2.22. The van der Waals surface area contributed by atoms with Gasteiger partial charge in [0.15, 0.2) is 0 Å². The molecule has 0 spiro atoms. The average molecular weight is 244 g/mol. The Kier molecular flexibility index (Phi) is 2.74. The van der Waals surface area contributed by atoms with E-state index in [0.29, 0.717) is 0 Å². The molecule has 0 radical (unpaired) electrons. The molecular weight excluding hydrogens is 232 g/mol. The van der Waals surface area contributed by atoms with Gasteiger partial charge in [-0.15, -0.1) is 11.8 Å². The van der Waals surface area contributed by atoms with Gasteiger partial charge in [-0.25, -0.2) is 0 Å². The SMILES string of the molecule is CC1(C)CSC(c2csc([N+](=O)[O-])c2)N1. The molecule has 82 valence electrons. The fourth-order valence-corrected chi connectivity index (χ4v) is 3.72. The number of thioether (sulfide) groups is 1. The lowest BCUT2D eigenvalue weighted by atomic mass is 10.1. The minimum Gasteiger partial charge on any atom is -0.296 e. The quantitative estimate of drug-likeness (QED) is 0.642. The van der Waals surface area contributed by atoms with Crippen LogP contribution in [0.1, 0.15) is 24.8 Å². The molecule has 0 saturated carbocycles. The van der Waals surface area contributed by atoms with E-state index in [4.69, 9.17) is 0 Å². The van der Waals surface area contributed by atoms with Gasteiger partial charge >= 0.3 is 5.00 Å². The minimum atomic E-state index is -0.334. The number of thiophene rings is 1. The van der Waals surface area contributed by atoms with E-state index in [1.54, 1.807) is 17.8 Å². The third kappa shape index (κ3) is 2.32. The molecule has 0 amide bonds. The van der Waals surface area contributed by atoms with E-state index < -0.39 is 0 Å². The molecule has 1 aliphatic heterocycles. The lowest BCUT2D eigenvalue weighted by Gasteiger charge is -2.17. The molecule has 4 nitrogen and oxygen atoms in total. The van der Waals surface area contributed by atoms with Gasteiger partial charge in [0.1, 0.15) is 0 Å². The van der Waals surface area contributed by atoms with E-state index in [0.717, 1.165) is 11.3 Å². The van der Waals surface area contributed by atoms with Crippen molar-refractivity contribution in [1.82, 2.24) is 5.32 Å². The van der Waals surface area contributed by atoms with Crippen molar-refractivity contribution in [1.29, 1.82) is 0 Å². The number of nitrogens with zero attached hydrogens (tertiary/aromatic N) is 1. The van der Waals surface area contributed by atoms with Crippen molar-refractivity contribution in [2.24, 2.45) is 0 Å². The zero-order valence-corrected chi connectivity index (χ0v) is 10.2. The standard InChI is InChI=1S/C9H12N2O2S2/c1-9(2)5-15-8(10-9)6-3-7(11(12)13)14-4-6/h3-4,8,10H,5H2,1-2H3. The molecule has 1 aromatic heterocycles. The molecule has 15 heavy (non-hydrogen) atoms. The second-order valence-electron chi connectivity index (χ2n) is 4.19.